The van der Waals surface area contributed by atoms with Crippen molar-refractivity contribution in [3.63, 3.8) is 0 Å². The van der Waals surface area contributed by atoms with Crippen LogP contribution in [-0.4, -0.2) is 25.2 Å². The Morgan fingerprint density at radius 3 is 1.08 bits per heavy atom. The SMILES string of the molecule is CC(C)(C)COC(=O)CCCCCCCCCCC(=O)OCC(C)(C)C. The summed E-state index contributed by atoms with van der Waals surface area (Å²) in [6.45, 7) is 13.4. The molecule has 0 rings (SSSR count). The van der Waals surface area contributed by atoms with Crippen molar-refractivity contribution >= 4 is 11.9 Å². The number of carbonyl (C=O) groups excluding carboxylic acids is 2. The van der Waals surface area contributed by atoms with E-state index in [4.69, 9.17) is 9.47 Å². The molecule has 0 heterocycles. The second-order valence-electron chi connectivity index (χ2n) is 9.77. The van der Waals surface area contributed by atoms with Crippen LogP contribution >= 0.6 is 0 Å². The van der Waals surface area contributed by atoms with Crippen LogP contribution in [-0.2, 0) is 19.1 Å². The van der Waals surface area contributed by atoms with E-state index >= 15 is 0 Å². The summed E-state index contributed by atoms with van der Waals surface area (Å²) in [4.78, 5) is 23.2. The number of hydrogen-bond acceptors (Lipinski definition) is 4. The fraction of sp³-hybridized carbons (Fsp3) is 0.909. The zero-order valence-electron chi connectivity index (χ0n) is 18.1. The van der Waals surface area contributed by atoms with E-state index in [1.54, 1.807) is 0 Å². The van der Waals surface area contributed by atoms with Gasteiger partial charge in [0.1, 0.15) is 0 Å². The third kappa shape index (κ3) is 19.3. The molecule has 0 N–H and O–H groups in total. The number of unbranched alkanes of at least 4 members (excludes halogenated alkanes) is 7. The van der Waals surface area contributed by atoms with E-state index in [1.165, 1.54) is 25.7 Å². The van der Waals surface area contributed by atoms with Crippen molar-refractivity contribution in [3.05, 3.63) is 0 Å². The van der Waals surface area contributed by atoms with Crippen molar-refractivity contribution in [2.24, 2.45) is 10.8 Å². The number of ether oxygens (including phenoxy) is 2. The molecule has 0 radical (unpaired) electrons. The molecule has 0 saturated carbocycles. The first-order chi connectivity index (χ1) is 12.0. The van der Waals surface area contributed by atoms with Crippen LogP contribution in [0.4, 0.5) is 0 Å². The first kappa shape index (κ1) is 24.9. The van der Waals surface area contributed by atoms with Gasteiger partial charge in [0.25, 0.3) is 0 Å². The van der Waals surface area contributed by atoms with Crippen molar-refractivity contribution in [3.8, 4) is 0 Å². The molecule has 26 heavy (non-hydrogen) atoms. The molecule has 0 aromatic carbocycles. The van der Waals surface area contributed by atoms with Crippen LogP contribution in [0.3, 0.4) is 0 Å². The predicted octanol–water partition coefficient (Wildman–Crippen LogP) is 6.07. The zero-order valence-corrected chi connectivity index (χ0v) is 18.1. The summed E-state index contributed by atoms with van der Waals surface area (Å²) in [6.07, 6.45) is 9.82. The van der Waals surface area contributed by atoms with Crippen molar-refractivity contribution in [2.45, 2.75) is 106 Å². The van der Waals surface area contributed by atoms with Gasteiger partial charge in [-0.3, -0.25) is 9.59 Å². The molecule has 4 nitrogen and oxygen atoms in total. The maximum Gasteiger partial charge on any atom is 0.305 e. The molecule has 0 fully saturated rings. The third-order valence-electron chi connectivity index (χ3n) is 3.84. The summed E-state index contributed by atoms with van der Waals surface area (Å²) in [7, 11) is 0. The molecule has 0 amide bonds. The van der Waals surface area contributed by atoms with E-state index in [9.17, 15) is 9.59 Å². The normalized spacial score (nSPS) is 12.1. The minimum absolute atomic E-state index is 0.0407. The van der Waals surface area contributed by atoms with Gasteiger partial charge >= 0.3 is 11.9 Å². The highest BCUT2D eigenvalue weighted by Crippen LogP contribution is 2.16. The molecule has 0 bridgehead atoms. The molecule has 154 valence electrons. The lowest BCUT2D eigenvalue weighted by Crippen LogP contribution is -2.18. The maximum atomic E-state index is 11.6. The minimum Gasteiger partial charge on any atom is -0.465 e. The molecule has 0 aromatic rings. The van der Waals surface area contributed by atoms with Crippen LogP contribution in [0, 0.1) is 10.8 Å². The molecule has 0 aliphatic rings. The van der Waals surface area contributed by atoms with Gasteiger partial charge in [-0.05, 0) is 23.7 Å². The van der Waals surface area contributed by atoms with E-state index in [0.717, 1.165) is 25.7 Å². The maximum absolute atomic E-state index is 11.6. The first-order valence-corrected chi connectivity index (χ1v) is 10.3. The highest BCUT2D eigenvalue weighted by molar-refractivity contribution is 5.69. The topological polar surface area (TPSA) is 52.6 Å². The van der Waals surface area contributed by atoms with Gasteiger partial charge in [-0.15, -0.1) is 0 Å². The highest BCUT2D eigenvalue weighted by Gasteiger charge is 2.14. The Hall–Kier alpha value is -1.06. The Bertz CT molecular complexity index is 350. The fourth-order valence-corrected chi connectivity index (χ4v) is 2.34. The Labute approximate surface area is 161 Å². The van der Waals surface area contributed by atoms with Crippen molar-refractivity contribution in [2.75, 3.05) is 13.2 Å². The lowest BCUT2D eigenvalue weighted by molar-refractivity contribution is -0.147. The first-order valence-electron chi connectivity index (χ1n) is 10.3. The van der Waals surface area contributed by atoms with Crippen molar-refractivity contribution in [1.82, 2.24) is 0 Å². The van der Waals surface area contributed by atoms with Gasteiger partial charge in [0, 0.05) is 12.8 Å². The van der Waals surface area contributed by atoms with E-state index in [0.29, 0.717) is 26.1 Å². The standard InChI is InChI=1S/C22H42O4/c1-21(2,3)17-25-19(23)15-13-11-9-7-8-10-12-14-16-20(24)26-18-22(4,5)6/h7-18H2,1-6H3. The summed E-state index contributed by atoms with van der Waals surface area (Å²) in [5, 5.41) is 0. The van der Waals surface area contributed by atoms with Crippen LogP contribution in [0.2, 0.25) is 0 Å². The quantitative estimate of drug-likeness (QED) is 0.292. The molecule has 0 spiro atoms. The molecule has 0 aliphatic heterocycles. The Balaban J connectivity index is 3.36. The van der Waals surface area contributed by atoms with Crippen LogP contribution in [0.1, 0.15) is 106 Å². The van der Waals surface area contributed by atoms with E-state index in [1.807, 2.05) is 0 Å². The Morgan fingerprint density at radius 2 is 0.808 bits per heavy atom. The summed E-state index contributed by atoms with van der Waals surface area (Å²) in [5.41, 5.74) is 0.0813. The molecule has 0 aliphatic carbocycles. The zero-order chi connectivity index (χ0) is 20.1. The van der Waals surface area contributed by atoms with Gasteiger partial charge in [0.2, 0.25) is 0 Å². The van der Waals surface area contributed by atoms with Gasteiger partial charge in [0.05, 0.1) is 13.2 Å². The van der Waals surface area contributed by atoms with Crippen LogP contribution in [0.25, 0.3) is 0 Å². The summed E-state index contributed by atoms with van der Waals surface area (Å²) in [6, 6.07) is 0. The van der Waals surface area contributed by atoms with Crippen LogP contribution in [0.5, 0.6) is 0 Å². The molecular formula is C22H42O4. The Kier molecular flexibility index (Phi) is 12.6. The molecule has 0 aromatic heterocycles. The average molecular weight is 371 g/mol. The Morgan fingerprint density at radius 1 is 0.538 bits per heavy atom. The summed E-state index contributed by atoms with van der Waals surface area (Å²) >= 11 is 0. The van der Waals surface area contributed by atoms with Gasteiger partial charge < -0.3 is 9.47 Å². The number of carbonyl (C=O) groups is 2. The molecular weight excluding hydrogens is 328 g/mol. The second kappa shape index (κ2) is 13.2. The van der Waals surface area contributed by atoms with Crippen molar-refractivity contribution < 1.29 is 19.1 Å². The van der Waals surface area contributed by atoms with Gasteiger partial charge in [-0.2, -0.15) is 0 Å². The van der Waals surface area contributed by atoms with Crippen LogP contribution in [0.15, 0.2) is 0 Å². The fourth-order valence-electron chi connectivity index (χ4n) is 2.34. The highest BCUT2D eigenvalue weighted by atomic mass is 16.5. The molecule has 0 unspecified atom stereocenters. The lowest BCUT2D eigenvalue weighted by Gasteiger charge is -2.17. The minimum atomic E-state index is -0.0710. The number of rotatable bonds is 13. The van der Waals surface area contributed by atoms with Gasteiger partial charge in [-0.1, -0.05) is 80.1 Å². The number of esters is 2. The molecule has 4 heteroatoms. The monoisotopic (exact) mass is 370 g/mol. The van der Waals surface area contributed by atoms with Gasteiger partial charge in [-0.25, -0.2) is 0 Å². The lowest BCUT2D eigenvalue weighted by atomic mass is 9.99. The largest absolute Gasteiger partial charge is 0.465 e. The molecule has 0 saturated heterocycles. The smallest absolute Gasteiger partial charge is 0.305 e. The summed E-state index contributed by atoms with van der Waals surface area (Å²) in [5.74, 6) is -0.142. The third-order valence-corrected chi connectivity index (χ3v) is 3.84. The summed E-state index contributed by atoms with van der Waals surface area (Å²) < 4.78 is 10.5. The van der Waals surface area contributed by atoms with E-state index in [2.05, 4.69) is 41.5 Å². The molecule has 0 atom stereocenters. The van der Waals surface area contributed by atoms with Gasteiger partial charge in [0.15, 0.2) is 0 Å². The van der Waals surface area contributed by atoms with Crippen molar-refractivity contribution in [1.29, 1.82) is 0 Å². The number of hydrogen-bond donors (Lipinski definition) is 0. The average Bonchev–Trinajstić information content (AvgIpc) is 2.51. The second-order valence-corrected chi connectivity index (χ2v) is 9.77. The van der Waals surface area contributed by atoms with E-state index < -0.39 is 0 Å². The van der Waals surface area contributed by atoms with E-state index in [-0.39, 0.29) is 22.8 Å². The predicted molar refractivity (Wildman–Crippen MR) is 107 cm³/mol. The van der Waals surface area contributed by atoms with Crippen LogP contribution < -0.4 is 0 Å².